The smallest absolute Gasteiger partial charge is 0.338 e. The summed E-state index contributed by atoms with van der Waals surface area (Å²) in [5.41, 5.74) is 0.365. The van der Waals surface area contributed by atoms with Gasteiger partial charge in [0.25, 0.3) is 0 Å². The van der Waals surface area contributed by atoms with Crippen molar-refractivity contribution in [1.29, 1.82) is 0 Å². The molecule has 4 aromatic rings. The van der Waals surface area contributed by atoms with Crippen LogP contribution in [0.1, 0.15) is 41.4 Å². The third-order valence-corrected chi connectivity index (χ3v) is 8.87. The molecule has 15 heteroatoms. The highest BCUT2D eigenvalue weighted by atomic mass is 16.7. The van der Waals surface area contributed by atoms with Crippen molar-refractivity contribution in [3.63, 3.8) is 0 Å². The Balaban J connectivity index is 1.43. The van der Waals surface area contributed by atoms with Crippen LogP contribution in [0.3, 0.4) is 0 Å². The number of esters is 4. The summed E-state index contributed by atoms with van der Waals surface area (Å²) in [6.45, 7) is -1.45. The molecule has 55 heavy (non-hydrogen) atoms. The van der Waals surface area contributed by atoms with E-state index in [1.165, 1.54) is 48.5 Å². The van der Waals surface area contributed by atoms with Gasteiger partial charge in [-0.25, -0.2) is 19.2 Å². The van der Waals surface area contributed by atoms with Crippen molar-refractivity contribution < 1.29 is 72.8 Å². The monoisotopic (exact) mass is 758 g/mol. The lowest BCUT2D eigenvalue weighted by molar-refractivity contribution is -0.354. The molecule has 15 nitrogen and oxygen atoms in total. The van der Waals surface area contributed by atoms with Gasteiger partial charge in [0, 0.05) is 0 Å². The van der Waals surface area contributed by atoms with Gasteiger partial charge in [0.15, 0.2) is 30.9 Å². The molecule has 6 rings (SSSR count). The Bertz CT molecular complexity index is 1880. The minimum atomic E-state index is -1.95. The zero-order valence-electron chi connectivity index (χ0n) is 29.0. The summed E-state index contributed by atoms with van der Waals surface area (Å²) in [5, 5.41) is 42.2. The average Bonchev–Trinajstić information content (AvgIpc) is 3.22. The second-order valence-electron chi connectivity index (χ2n) is 12.5. The Labute approximate surface area is 314 Å². The Morgan fingerprint density at radius 1 is 0.491 bits per heavy atom. The SMILES string of the molecule is O=C(OC[C@@H]1O[C@@H](O[C@H]2[C@H](O)[C@@H](CO)OC(O)[C@@H]2O)[C@H](OC(=O)c2ccccc2)[C@@H](OC(=O)c2ccccc2)[C@@H]1OC(=O)c1ccccc1)c1ccccc1. The van der Waals surface area contributed by atoms with E-state index in [4.69, 9.17) is 33.2 Å². The van der Waals surface area contributed by atoms with E-state index in [2.05, 4.69) is 0 Å². The second-order valence-corrected chi connectivity index (χ2v) is 12.5. The van der Waals surface area contributed by atoms with E-state index in [-0.39, 0.29) is 22.3 Å². The van der Waals surface area contributed by atoms with Gasteiger partial charge in [-0.2, -0.15) is 0 Å². The number of carbonyl (C=O) groups excluding carboxylic acids is 4. The fourth-order valence-corrected chi connectivity index (χ4v) is 6.02. The standard InChI is InChI=1S/C40H38O15/c41-21-27-29(42)32(30(43)39(48)50-27)55-40-34(54-38(47)26-19-11-4-12-20-26)33(53-37(46)25-17-9-3-10-18-25)31(52-36(45)24-15-7-2-8-16-24)28(51-40)22-49-35(44)23-13-5-1-6-14-23/h1-20,27-34,39-43,48H,21-22H2/t27-,28+,29-,30-,31-,32+,33+,34-,39?,40+/m1/s1. The van der Waals surface area contributed by atoms with E-state index in [9.17, 15) is 39.6 Å². The molecule has 0 aromatic heterocycles. The fraction of sp³-hybridized carbons (Fsp3) is 0.300. The topological polar surface area (TPSA) is 214 Å². The molecule has 1 unspecified atom stereocenters. The van der Waals surface area contributed by atoms with Crippen molar-refractivity contribution in [2.45, 2.75) is 61.4 Å². The Kier molecular flexibility index (Phi) is 13.0. The van der Waals surface area contributed by atoms with Gasteiger partial charge in [0.05, 0.1) is 28.9 Å². The van der Waals surface area contributed by atoms with E-state index in [0.29, 0.717) is 0 Å². The zero-order chi connectivity index (χ0) is 38.9. The van der Waals surface area contributed by atoms with E-state index >= 15 is 0 Å². The van der Waals surface area contributed by atoms with E-state index in [1.54, 1.807) is 72.8 Å². The highest BCUT2D eigenvalue weighted by Gasteiger charge is 2.56. The number of carbonyl (C=O) groups is 4. The molecule has 4 aromatic carbocycles. The van der Waals surface area contributed by atoms with E-state index in [1.807, 2.05) is 0 Å². The minimum Gasteiger partial charge on any atom is -0.459 e. The molecule has 4 N–H and O–H groups in total. The predicted octanol–water partition coefficient (Wildman–Crippen LogP) is 2.06. The summed E-state index contributed by atoms with van der Waals surface area (Å²) in [5.74, 6) is -3.62. The first kappa shape index (κ1) is 39.2. The fourth-order valence-electron chi connectivity index (χ4n) is 6.02. The van der Waals surface area contributed by atoms with Gasteiger partial charge in [-0.05, 0) is 48.5 Å². The number of aliphatic hydroxyl groups excluding tert-OH is 4. The maximum atomic E-state index is 13.8. The van der Waals surface area contributed by atoms with Crippen LogP contribution in [0, 0.1) is 0 Å². The number of hydrogen-bond acceptors (Lipinski definition) is 15. The molecule has 0 amide bonds. The Morgan fingerprint density at radius 2 is 0.909 bits per heavy atom. The molecule has 0 radical (unpaired) electrons. The normalized spacial score (nSPS) is 27.6. The summed E-state index contributed by atoms with van der Waals surface area (Å²) < 4.78 is 40.9. The molecule has 288 valence electrons. The molecule has 2 aliphatic rings. The molecule has 10 atom stereocenters. The van der Waals surface area contributed by atoms with Crippen molar-refractivity contribution in [3.05, 3.63) is 144 Å². The lowest BCUT2D eigenvalue weighted by atomic mass is 9.96. The minimum absolute atomic E-state index is 0.0491. The van der Waals surface area contributed by atoms with Crippen LogP contribution >= 0.6 is 0 Å². The first-order valence-electron chi connectivity index (χ1n) is 17.3. The molecule has 2 saturated heterocycles. The van der Waals surface area contributed by atoms with Crippen LogP contribution in [0.5, 0.6) is 0 Å². The maximum absolute atomic E-state index is 13.8. The molecule has 0 aliphatic carbocycles. The van der Waals surface area contributed by atoms with Crippen LogP contribution in [0.4, 0.5) is 0 Å². The Morgan fingerprint density at radius 3 is 1.36 bits per heavy atom. The molecule has 2 heterocycles. The van der Waals surface area contributed by atoms with E-state index < -0.39 is 98.5 Å². The molecular formula is C40H38O15. The van der Waals surface area contributed by atoms with Crippen LogP contribution < -0.4 is 0 Å². The van der Waals surface area contributed by atoms with Crippen molar-refractivity contribution >= 4 is 23.9 Å². The molecular weight excluding hydrogens is 720 g/mol. The van der Waals surface area contributed by atoms with Gasteiger partial charge >= 0.3 is 23.9 Å². The third kappa shape index (κ3) is 9.41. The number of rotatable bonds is 12. The number of aliphatic hydroxyl groups is 4. The van der Waals surface area contributed by atoms with Crippen LogP contribution in [0.15, 0.2) is 121 Å². The molecule has 0 saturated carbocycles. The summed E-state index contributed by atoms with van der Waals surface area (Å²) in [6.07, 6.45) is -17.6. The number of ether oxygens (including phenoxy) is 7. The molecule has 0 bridgehead atoms. The lowest BCUT2D eigenvalue weighted by Crippen LogP contribution is -2.66. The van der Waals surface area contributed by atoms with Gasteiger partial charge in [0.2, 0.25) is 0 Å². The van der Waals surface area contributed by atoms with Crippen molar-refractivity contribution in [2.75, 3.05) is 13.2 Å². The van der Waals surface area contributed by atoms with Crippen LogP contribution in [-0.4, -0.2) is 119 Å². The van der Waals surface area contributed by atoms with Gasteiger partial charge in [0.1, 0.15) is 37.1 Å². The largest absolute Gasteiger partial charge is 0.459 e. The lowest BCUT2D eigenvalue weighted by Gasteiger charge is -2.47. The van der Waals surface area contributed by atoms with Gasteiger partial charge in [-0.1, -0.05) is 72.8 Å². The summed E-state index contributed by atoms with van der Waals surface area (Å²) in [6, 6.07) is 31.2. The van der Waals surface area contributed by atoms with E-state index in [0.717, 1.165) is 0 Å². The maximum Gasteiger partial charge on any atom is 0.338 e. The van der Waals surface area contributed by atoms with Crippen molar-refractivity contribution in [1.82, 2.24) is 0 Å². The third-order valence-electron chi connectivity index (χ3n) is 8.87. The van der Waals surface area contributed by atoms with Crippen molar-refractivity contribution in [3.8, 4) is 0 Å². The van der Waals surface area contributed by atoms with Crippen LogP contribution in [0.25, 0.3) is 0 Å². The summed E-state index contributed by atoms with van der Waals surface area (Å²) in [7, 11) is 0. The van der Waals surface area contributed by atoms with Gasteiger partial charge in [-0.3, -0.25) is 0 Å². The first-order chi connectivity index (χ1) is 26.6. The highest BCUT2D eigenvalue weighted by Crippen LogP contribution is 2.34. The zero-order valence-corrected chi connectivity index (χ0v) is 29.0. The summed E-state index contributed by atoms with van der Waals surface area (Å²) in [4.78, 5) is 54.3. The van der Waals surface area contributed by atoms with Crippen LogP contribution in [-0.2, 0) is 33.2 Å². The highest BCUT2D eigenvalue weighted by molar-refractivity contribution is 5.91. The van der Waals surface area contributed by atoms with Gasteiger partial charge < -0.3 is 53.6 Å². The number of hydrogen-bond donors (Lipinski definition) is 4. The quantitative estimate of drug-likeness (QED) is 0.120. The average molecular weight is 759 g/mol. The van der Waals surface area contributed by atoms with Crippen LogP contribution in [0.2, 0.25) is 0 Å². The summed E-state index contributed by atoms with van der Waals surface area (Å²) >= 11 is 0. The predicted molar refractivity (Wildman–Crippen MR) is 187 cm³/mol. The van der Waals surface area contributed by atoms with Crippen molar-refractivity contribution in [2.24, 2.45) is 0 Å². The molecule has 2 fully saturated rings. The number of benzene rings is 4. The Hall–Kier alpha value is -5.52. The van der Waals surface area contributed by atoms with Gasteiger partial charge in [-0.15, -0.1) is 0 Å². The first-order valence-corrected chi connectivity index (χ1v) is 17.3. The molecule has 2 aliphatic heterocycles. The molecule has 0 spiro atoms. The second kappa shape index (κ2) is 18.2.